The van der Waals surface area contributed by atoms with Crippen LogP contribution in [-0.2, 0) is 0 Å². The fourth-order valence-electron chi connectivity index (χ4n) is 4.17. The van der Waals surface area contributed by atoms with Gasteiger partial charge in [-0.25, -0.2) is 15.0 Å². The van der Waals surface area contributed by atoms with Gasteiger partial charge in [0.15, 0.2) is 5.65 Å². The number of aromatic nitrogens is 4. The third-order valence-electron chi connectivity index (χ3n) is 5.93. The number of fused-ring (bicyclic) bond motifs is 2. The Hall–Kier alpha value is -3.04. The van der Waals surface area contributed by atoms with Gasteiger partial charge in [-0.2, -0.15) is 0 Å². The average molecular weight is 450 g/mol. The molecule has 32 heavy (non-hydrogen) atoms. The lowest BCUT2D eigenvalue weighted by Gasteiger charge is -2.37. The Kier molecular flexibility index (Phi) is 5.30. The van der Waals surface area contributed by atoms with Crippen molar-refractivity contribution in [2.24, 2.45) is 0 Å². The molecule has 1 saturated heterocycles. The van der Waals surface area contributed by atoms with Crippen molar-refractivity contribution in [1.29, 1.82) is 0 Å². The molecule has 8 nitrogen and oxygen atoms in total. The minimum Gasteiger partial charge on any atom is -0.354 e. The van der Waals surface area contributed by atoms with Crippen molar-refractivity contribution in [3.05, 3.63) is 46.9 Å². The Balaban J connectivity index is 1.34. The third-order valence-corrected chi connectivity index (χ3v) is 6.97. The maximum Gasteiger partial charge on any atom is 0.267 e. The average Bonchev–Trinajstić information content (AvgIpc) is 3.36. The Morgan fingerprint density at radius 2 is 1.84 bits per heavy atom. The first-order chi connectivity index (χ1) is 15.4. The fourth-order valence-corrected chi connectivity index (χ4v) is 5.10. The normalized spacial score (nSPS) is 15.2. The summed E-state index contributed by atoms with van der Waals surface area (Å²) in [4.78, 5) is 33.0. The summed E-state index contributed by atoms with van der Waals surface area (Å²) in [6.07, 6.45) is 3.71. The second-order valence-corrected chi connectivity index (χ2v) is 9.60. The van der Waals surface area contributed by atoms with Gasteiger partial charge >= 0.3 is 0 Å². The van der Waals surface area contributed by atoms with E-state index in [1.54, 1.807) is 6.20 Å². The number of pyridine rings is 1. The fraction of sp³-hybridized carbons (Fsp3) is 0.391. The van der Waals surface area contributed by atoms with Crippen LogP contribution in [0, 0.1) is 13.8 Å². The van der Waals surface area contributed by atoms with Gasteiger partial charge in [-0.3, -0.25) is 9.69 Å². The lowest BCUT2D eigenvalue weighted by atomic mass is 10.2. The van der Waals surface area contributed by atoms with Gasteiger partial charge in [-0.15, -0.1) is 11.3 Å². The summed E-state index contributed by atoms with van der Waals surface area (Å²) >= 11 is 1.41. The zero-order valence-corrected chi connectivity index (χ0v) is 19.6. The molecule has 5 rings (SSSR count). The van der Waals surface area contributed by atoms with E-state index in [1.807, 2.05) is 30.5 Å². The largest absolute Gasteiger partial charge is 0.354 e. The summed E-state index contributed by atoms with van der Waals surface area (Å²) in [6.45, 7) is 12.3. The van der Waals surface area contributed by atoms with E-state index >= 15 is 0 Å². The highest BCUT2D eigenvalue weighted by Crippen LogP contribution is 2.28. The van der Waals surface area contributed by atoms with E-state index in [2.05, 4.69) is 51.1 Å². The number of amides is 1. The smallest absolute Gasteiger partial charge is 0.267 e. The molecule has 4 aromatic rings. The number of nitrogens with zero attached hydrogens (tertiary/aromatic N) is 6. The molecule has 0 bridgehead atoms. The van der Waals surface area contributed by atoms with Crippen LogP contribution in [0.4, 0.5) is 11.6 Å². The molecular formula is C23H27N7OS. The quantitative estimate of drug-likeness (QED) is 0.511. The van der Waals surface area contributed by atoms with Crippen LogP contribution < -0.4 is 10.2 Å². The molecule has 1 fully saturated rings. The number of carbonyl (C=O) groups excluding carboxylic acids is 1. The molecule has 166 valence electrons. The monoisotopic (exact) mass is 449 g/mol. The predicted octanol–water partition coefficient (Wildman–Crippen LogP) is 3.74. The van der Waals surface area contributed by atoms with E-state index in [0.717, 1.165) is 59.2 Å². The van der Waals surface area contributed by atoms with E-state index in [9.17, 15) is 4.79 Å². The zero-order valence-electron chi connectivity index (χ0n) is 18.8. The number of rotatable bonds is 4. The summed E-state index contributed by atoms with van der Waals surface area (Å²) in [5, 5.41) is 3.90. The number of carbonyl (C=O) groups is 1. The Labute approximate surface area is 190 Å². The zero-order chi connectivity index (χ0) is 22.4. The van der Waals surface area contributed by atoms with Gasteiger partial charge < -0.3 is 14.6 Å². The van der Waals surface area contributed by atoms with Crippen LogP contribution in [0.25, 0.3) is 15.9 Å². The van der Waals surface area contributed by atoms with Crippen molar-refractivity contribution in [3.63, 3.8) is 0 Å². The van der Waals surface area contributed by atoms with Crippen LogP contribution in [0.1, 0.15) is 34.9 Å². The molecule has 1 aliphatic rings. The Morgan fingerprint density at radius 1 is 1.06 bits per heavy atom. The lowest BCUT2D eigenvalue weighted by Crippen LogP contribution is -2.49. The number of anilines is 2. The number of hydrogen-bond acceptors (Lipinski definition) is 7. The molecule has 0 aliphatic carbocycles. The van der Waals surface area contributed by atoms with Crippen molar-refractivity contribution in [2.75, 3.05) is 36.4 Å². The molecule has 1 aliphatic heterocycles. The highest BCUT2D eigenvalue weighted by molar-refractivity contribution is 7.20. The van der Waals surface area contributed by atoms with Crippen molar-refractivity contribution < 1.29 is 4.79 Å². The lowest BCUT2D eigenvalue weighted by molar-refractivity contribution is 0.103. The van der Waals surface area contributed by atoms with E-state index < -0.39 is 0 Å². The standard InChI is InChI=1S/C23H27N7OS/c1-14(2)28-7-9-29(10-8-28)20-6-5-17-11-18(32-23(17)27-20)22(31)26-19-13-30-12-15(3)24-21(30)16(4)25-19/h5-6,11-14H,7-10H2,1-4H3,(H,26,31). The van der Waals surface area contributed by atoms with Crippen LogP contribution in [0.5, 0.6) is 0 Å². The highest BCUT2D eigenvalue weighted by atomic mass is 32.1. The first kappa shape index (κ1) is 20.8. The molecule has 0 radical (unpaired) electrons. The van der Waals surface area contributed by atoms with E-state index in [4.69, 9.17) is 4.98 Å². The van der Waals surface area contributed by atoms with Gasteiger partial charge in [0.2, 0.25) is 0 Å². The summed E-state index contributed by atoms with van der Waals surface area (Å²) in [5.74, 6) is 1.31. The maximum absolute atomic E-state index is 12.9. The SMILES string of the molecule is Cc1cn2cc(NC(=O)c3cc4ccc(N5CCN(C(C)C)CC5)nc4s3)nc(C)c2n1. The molecule has 0 aromatic carbocycles. The molecule has 5 heterocycles. The Morgan fingerprint density at radius 3 is 2.59 bits per heavy atom. The summed E-state index contributed by atoms with van der Waals surface area (Å²) in [5.41, 5.74) is 2.49. The van der Waals surface area contributed by atoms with E-state index in [0.29, 0.717) is 16.7 Å². The minimum atomic E-state index is -0.178. The minimum absolute atomic E-state index is 0.178. The van der Waals surface area contributed by atoms with Crippen LogP contribution in [-0.4, -0.2) is 62.4 Å². The molecule has 4 aromatic heterocycles. The number of hydrogen-bond donors (Lipinski definition) is 1. The molecule has 9 heteroatoms. The first-order valence-electron chi connectivity index (χ1n) is 10.9. The summed E-state index contributed by atoms with van der Waals surface area (Å²) in [6, 6.07) is 6.59. The molecule has 0 saturated carbocycles. The first-order valence-corrected chi connectivity index (χ1v) is 11.7. The van der Waals surface area contributed by atoms with E-state index in [1.165, 1.54) is 11.3 Å². The van der Waals surface area contributed by atoms with Gasteiger partial charge in [0.05, 0.1) is 22.5 Å². The predicted molar refractivity (Wildman–Crippen MR) is 129 cm³/mol. The van der Waals surface area contributed by atoms with Gasteiger partial charge in [-0.05, 0) is 45.9 Å². The number of aryl methyl sites for hydroxylation is 2. The van der Waals surface area contributed by atoms with Crippen LogP contribution >= 0.6 is 11.3 Å². The Bertz CT molecular complexity index is 1300. The second kappa shape index (κ2) is 8.14. The summed E-state index contributed by atoms with van der Waals surface area (Å²) in [7, 11) is 0. The molecular weight excluding hydrogens is 422 g/mol. The van der Waals surface area contributed by atoms with Crippen molar-refractivity contribution in [1.82, 2.24) is 24.3 Å². The van der Waals surface area contributed by atoms with Gasteiger partial charge in [0, 0.05) is 43.8 Å². The molecule has 0 atom stereocenters. The summed E-state index contributed by atoms with van der Waals surface area (Å²) < 4.78 is 1.89. The van der Waals surface area contributed by atoms with Crippen LogP contribution in [0.2, 0.25) is 0 Å². The van der Waals surface area contributed by atoms with Crippen molar-refractivity contribution in [2.45, 2.75) is 33.7 Å². The van der Waals surface area contributed by atoms with Crippen LogP contribution in [0.15, 0.2) is 30.6 Å². The number of nitrogens with one attached hydrogen (secondary N) is 1. The third kappa shape index (κ3) is 3.93. The number of thiophene rings is 1. The van der Waals surface area contributed by atoms with Gasteiger partial charge in [0.25, 0.3) is 5.91 Å². The molecule has 0 spiro atoms. The topological polar surface area (TPSA) is 78.7 Å². The van der Waals surface area contributed by atoms with Crippen molar-refractivity contribution in [3.8, 4) is 0 Å². The highest BCUT2D eigenvalue weighted by Gasteiger charge is 2.21. The maximum atomic E-state index is 12.9. The molecule has 0 unspecified atom stereocenters. The molecule has 1 N–H and O–H groups in total. The van der Waals surface area contributed by atoms with Gasteiger partial charge in [-0.1, -0.05) is 0 Å². The second-order valence-electron chi connectivity index (χ2n) is 8.57. The number of piperazine rings is 1. The van der Waals surface area contributed by atoms with Gasteiger partial charge in [0.1, 0.15) is 16.5 Å². The van der Waals surface area contributed by atoms with E-state index in [-0.39, 0.29) is 5.91 Å². The number of imidazole rings is 1. The van der Waals surface area contributed by atoms with Crippen LogP contribution in [0.3, 0.4) is 0 Å². The molecule has 1 amide bonds. The van der Waals surface area contributed by atoms with Crippen molar-refractivity contribution >= 4 is 44.7 Å².